The Balaban J connectivity index is 0.000000241. The fraction of sp³-hybridized carbons (Fsp3) is 0.267. The van der Waals surface area contributed by atoms with Crippen LogP contribution in [-0.4, -0.2) is 64.6 Å². The predicted molar refractivity (Wildman–Crippen MR) is 169 cm³/mol. The summed E-state index contributed by atoms with van der Waals surface area (Å²) in [6.07, 6.45) is 2.61. The van der Waals surface area contributed by atoms with E-state index in [0.717, 1.165) is 11.9 Å². The van der Waals surface area contributed by atoms with Gasteiger partial charge >= 0.3 is 0 Å². The molecule has 4 rings (SSSR count). The van der Waals surface area contributed by atoms with Gasteiger partial charge in [-0.1, -0.05) is 49.9 Å². The Bertz CT molecular complexity index is 1730. The van der Waals surface area contributed by atoms with E-state index in [1.165, 1.54) is 24.9 Å². The number of carbonyl (C=O) groups is 2. The number of thioether (sulfide) groups is 1. The summed E-state index contributed by atoms with van der Waals surface area (Å²) in [7, 11) is -3.58. The minimum atomic E-state index is -3.58. The van der Waals surface area contributed by atoms with Crippen molar-refractivity contribution in [3.8, 4) is 11.5 Å². The van der Waals surface area contributed by atoms with Gasteiger partial charge in [-0.3, -0.25) is 9.59 Å². The van der Waals surface area contributed by atoms with E-state index in [2.05, 4.69) is 19.9 Å². The number of hydrogen-bond acceptors (Lipinski definition) is 13. The van der Waals surface area contributed by atoms with Gasteiger partial charge in [0, 0.05) is 12.4 Å². The fourth-order valence-electron chi connectivity index (χ4n) is 3.74. The Morgan fingerprint density at radius 1 is 0.727 bits per heavy atom. The Hall–Kier alpha value is -4.56. The molecular weight excluding hydrogens is 605 g/mol. The number of benzene rings is 2. The molecule has 0 bridgehead atoms. The molecule has 0 radical (unpaired) electrons. The molecule has 0 aliphatic heterocycles. The van der Waals surface area contributed by atoms with E-state index in [-0.39, 0.29) is 33.9 Å². The molecule has 0 aliphatic carbocycles. The average Bonchev–Trinajstić information content (AvgIpc) is 3.02. The van der Waals surface area contributed by atoms with Crippen LogP contribution in [0, 0.1) is 0 Å². The first-order valence-corrected chi connectivity index (χ1v) is 16.3. The zero-order valence-corrected chi connectivity index (χ0v) is 26.4. The van der Waals surface area contributed by atoms with Crippen LogP contribution in [0.3, 0.4) is 0 Å². The standard InChI is InChI=1S/C15H17N3O4S.C15H17N3O2S/c1-3-22-12-8-6-5-7-10(12)13(19)11-9-17-15(18-14(11)16)23(20,21)4-2;1-3-20-12-8-6-5-7-10(12)13(19)11-9-17-15(21-4-2)18-14(11)16/h5-9H,3-4H2,1-2H3,(H2,16,17,18);5-9H,3-4H2,1-2H3,(H2,16,17,18). The second-order valence-electron chi connectivity index (χ2n) is 8.76. The lowest BCUT2D eigenvalue weighted by molar-refractivity contribution is 0.102. The summed E-state index contributed by atoms with van der Waals surface area (Å²) in [6, 6.07) is 13.8. The molecule has 0 fully saturated rings. The van der Waals surface area contributed by atoms with Crippen LogP contribution < -0.4 is 20.9 Å². The van der Waals surface area contributed by atoms with Gasteiger partial charge < -0.3 is 20.9 Å². The predicted octanol–water partition coefficient (Wildman–Crippen LogP) is 4.28. The molecule has 0 aliphatic rings. The molecule has 2 aromatic heterocycles. The summed E-state index contributed by atoms with van der Waals surface area (Å²) >= 11 is 1.48. The highest BCUT2D eigenvalue weighted by Crippen LogP contribution is 2.25. The normalized spacial score (nSPS) is 10.8. The van der Waals surface area contributed by atoms with Gasteiger partial charge in [0.05, 0.1) is 41.2 Å². The zero-order valence-electron chi connectivity index (χ0n) is 24.8. The molecular formula is C30H34N6O6S2. The van der Waals surface area contributed by atoms with Crippen LogP contribution in [0.1, 0.15) is 59.5 Å². The van der Waals surface area contributed by atoms with Gasteiger partial charge in [-0.15, -0.1) is 0 Å². The molecule has 4 N–H and O–H groups in total. The quantitative estimate of drug-likeness (QED) is 0.127. The van der Waals surface area contributed by atoms with Crippen molar-refractivity contribution in [3.05, 3.63) is 83.2 Å². The van der Waals surface area contributed by atoms with Crippen molar-refractivity contribution in [2.45, 2.75) is 38.0 Å². The van der Waals surface area contributed by atoms with Crippen molar-refractivity contribution in [2.75, 3.05) is 36.2 Å². The highest BCUT2D eigenvalue weighted by molar-refractivity contribution is 7.99. The summed E-state index contributed by atoms with van der Waals surface area (Å²) in [6.45, 7) is 8.05. The summed E-state index contributed by atoms with van der Waals surface area (Å²) in [5.41, 5.74) is 12.8. The third kappa shape index (κ3) is 8.29. The Labute approximate surface area is 260 Å². The van der Waals surface area contributed by atoms with Gasteiger partial charge in [0.15, 0.2) is 5.16 Å². The van der Waals surface area contributed by atoms with E-state index in [9.17, 15) is 18.0 Å². The second kappa shape index (κ2) is 15.8. The van der Waals surface area contributed by atoms with Crippen molar-refractivity contribution >= 4 is 44.8 Å². The SMILES string of the molecule is CCOc1ccccc1C(=O)c1cnc(S(=O)(=O)CC)nc1N.CCOc1ccccc1C(=O)c1cnc(SCC)nc1N. The number of anilines is 2. The van der Waals surface area contributed by atoms with Crippen molar-refractivity contribution in [3.63, 3.8) is 0 Å². The highest BCUT2D eigenvalue weighted by atomic mass is 32.2. The van der Waals surface area contributed by atoms with Crippen LogP contribution >= 0.6 is 11.8 Å². The number of sulfone groups is 1. The van der Waals surface area contributed by atoms with Gasteiger partial charge in [0.2, 0.25) is 26.6 Å². The van der Waals surface area contributed by atoms with E-state index < -0.39 is 15.6 Å². The van der Waals surface area contributed by atoms with E-state index in [0.29, 0.717) is 46.6 Å². The fourth-order valence-corrected chi connectivity index (χ4v) is 5.00. The lowest BCUT2D eigenvalue weighted by Crippen LogP contribution is -2.14. The Kier molecular flexibility index (Phi) is 12.2. The molecule has 2 aromatic carbocycles. The molecule has 4 aromatic rings. The number of nitrogens with zero attached hydrogens (tertiary/aromatic N) is 4. The van der Waals surface area contributed by atoms with Crippen LogP contribution in [0.25, 0.3) is 0 Å². The molecule has 0 amide bonds. The van der Waals surface area contributed by atoms with Crippen molar-refractivity contribution in [2.24, 2.45) is 0 Å². The first kappa shape index (κ1) is 33.9. The van der Waals surface area contributed by atoms with Crippen LogP contribution in [0.2, 0.25) is 0 Å². The van der Waals surface area contributed by atoms with Crippen LogP contribution in [0.15, 0.2) is 71.2 Å². The smallest absolute Gasteiger partial charge is 0.249 e. The van der Waals surface area contributed by atoms with Crippen LogP contribution in [0.5, 0.6) is 11.5 Å². The zero-order chi connectivity index (χ0) is 32.3. The topological polar surface area (TPSA) is 190 Å². The van der Waals surface area contributed by atoms with Crippen molar-refractivity contribution in [1.82, 2.24) is 19.9 Å². The van der Waals surface area contributed by atoms with E-state index >= 15 is 0 Å². The number of nitrogen functional groups attached to an aromatic ring is 2. The van der Waals surface area contributed by atoms with E-state index in [1.54, 1.807) is 42.5 Å². The number of ketones is 2. The average molecular weight is 639 g/mol. The molecule has 14 heteroatoms. The summed E-state index contributed by atoms with van der Waals surface area (Å²) in [5.74, 6) is 1.02. The van der Waals surface area contributed by atoms with Crippen molar-refractivity contribution in [1.29, 1.82) is 0 Å². The molecule has 0 saturated carbocycles. The van der Waals surface area contributed by atoms with Gasteiger partial charge in [0.1, 0.15) is 23.1 Å². The minimum absolute atomic E-state index is 0.0345. The molecule has 44 heavy (non-hydrogen) atoms. The lowest BCUT2D eigenvalue weighted by Gasteiger charge is -2.10. The third-order valence-corrected chi connectivity index (χ3v) is 8.13. The number of carbonyl (C=O) groups excluding carboxylic acids is 2. The number of rotatable bonds is 12. The summed E-state index contributed by atoms with van der Waals surface area (Å²) in [4.78, 5) is 41.0. The Morgan fingerprint density at radius 2 is 1.20 bits per heavy atom. The van der Waals surface area contributed by atoms with Gasteiger partial charge in [-0.05, 0) is 43.9 Å². The molecule has 232 valence electrons. The van der Waals surface area contributed by atoms with Gasteiger partial charge in [0.25, 0.3) is 0 Å². The summed E-state index contributed by atoms with van der Waals surface area (Å²) in [5, 5.41) is 0.191. The molecule has 2 heterocycles. The van der Waals surface area contributed by atoms with Gasteiger partial charge in [-0.25, -0.2) is 28.4 Å². The number of para-hydroxylation sites is 2. The first-order chi connectivity index (χ1) is 21.1. The largest absolute Gasteiger partial charge is 0.493 e. The number of aromatic nitrogens is 4. The van der Waals surface area contributed by atoms with E-state index in [1.807, 2.05) is 26.8 Å². The lowest BCUT2D eigenvalue weighted by atomic mass is 10.0. The maximum atomic E-state index is 12.6. The number of nitrogens with two attached hydrogens (primary N) is 2. The summed E-state index contributed by atoms with van der Waals surface area (Å²) < 4.78 is 34.4. The molecule has 0 spiro atoms. The number of ether oxygens (including phenoxy) is 2. The molecule has 0 atom stereocenters. The second-order valence-corrected chi connectivity index (χ2v) is 12.2. The van der Waals surface area contributed by atoms with Crippen molar-refractivity contribution < 1.29 is 27.5 Å². The minimum Gasteiger partial charge on any atom is -0.493 e. The third-order valence-electron chi connectivity index (χ3n) is 5.88. The highest BCUT2D eigenvalue weighted by Gasteiger charge is 2.22. The van der Waals surface area contributed by atoms with Gasteiger partial charge in [-0.2, -0.15) is 0 Å². The number of hydrogen-bond donors (Lipinski definition) is 2. The maximum Gasteiger partial charge on any atom is 0.249 e. The monoisotopic (exact) mass is 638 g/mol. The Morgan fingerprint density at radius 3 is 1.64 bits per heavy atom. The first-order valence-electron chi connectivity index (χ1n) is 13.7. The molecule has 0 saturated heterocycles. The van der Waals surface area contributed by atoms with Crippen LogP contribution in [-0.2, 0) is 9.84 Å². The van der Waals surface area contributed by atoms with Crippen LogP contribution in [0.4, 0.5) is 11.6 Å². The molecule has 12 nitrogen and oxygen atoms in total. The van der Waals surface area contributed by atoms with E-state index in [4.69, 9.17) is 20.9 Å². The molecule has 0 unspecified atom stereocenters. The maximum absolute atomic E-state index is 12.6.